The van der Waals surface area contributed by atoms with Gasteiger partial charge in [0.15, 0.2) is 0 Å². The molecule has 0 aliphatic rings. The number of hydrogen-bond donors (Lipinski definition) is 1. The van der Waals surface area contributed by atoms with E-state index in [-0.39, 0.29) is 0 Å². The summed E-state index contributed by atoms with van der Waals surface area (Å²) in [5.74, 6) is 0. The normalized spacial score (nSPS) is 12.9. The smallest absolute Gasteiger partial charge is 0.0937 e. The molecule has 98 valence electrons. The molecule has 1 N–H and O–H groups in total. The molecule has 0 radical (unpaired) electrons. The van der Waals surface area contributed by atoms with Gasteiger partial charge in [0, 0.05) is 28.4 Å². The Morgan fingerprint density at radius 2 is 2.17 bits per heavy atom. The first-order valence-corrected chi connectivity index (χ1v) is 7.25. The van der Waals surface area contributed by atoms with Crippen LogP contribution in [-0.4, -0.2) is 14.9 Å². The lowest BCUT2D eigenvalue weighted by molar-refractivity contribution is 0.179. The number of aliphatic hydroxyl groups excluding tert-OH is 1. The molecule has 0 aliphatic carbocycles. The first-order valence-electron chi connectivity index (χ1n) is 6.44. The maximum atomic E-state index is 10.3. The summed E-state index contributed by atoms with van der Waals surface area (Å²) in [4.78, 5) is 2.37. The Hall–Kier alpha value is -1.13. The third kappa shape index (κ3) is 2.82. The molecule has 1 unspecified atom stereocenters. The summed E-state index contributed by atoms with van der Waals surface area (Å²) in [6, 6.07) is 6.19. The molecule has 0 fully saturated rings. The molecule has 0 spiro atoms. The van der Waals surface area contributed by atoms with Gasteiger partial charge in [-0.3, -0.25) is 4.68 Å². The minimum Gasteiger partial charge on any atom is -0.387 e. The lowest BCUT2D eigenvalue weighted by Crippen LogP contribution is -2.07. The first-order chi connectivity index (χ1) is 8.63. The molecule has 2 aromatic heterocycles. The predicted molar refractivity (Wildman–Crippen MR) is 75.0 cm³/mol. The molecule has 2 aromatic rings. The highest BCUT2D eigenvalue weighted by Crippen LogP contribution is 2.26. The van der Waals surface area contributed by atoms with Crippen molar-refractivity contribution >= 4 is 11.3 Å². The molecule has 0 aliphatic heterocycles. The van der Waals surface area contributed by atoms with Crippen molar-refractivity contribution in [2.45, 2.75) is 46.3 Å². The summed E-state index contributed by atoms with van der Waals surface area (Å²) in [6.07, 6.45) is 1.25. The zero-order valence-corrected chi connectivity index (χ0v) is 12.0. The number of aryl methyl sites for hydroxylation is 3. The van der Waals surface area contributed by atoms with Crippen LogP contribution < -0.4 is 0 Å². The van der Waals surface area contributed by atoms with Crippen molar-refractivity contribution < 1.29 is 5.11 Å². The van der Waals surface area contributed by atoms with Crippen LogP contribution in [0.3, 0.4) is 0 Å². The molecule has 0 aromatic carbocycles. The quantitative estimate of drug-likeness (QED) is 0.901. The molecule has 0 saturated heterocycles. The van der Waals surface area contributed by atoms with Gasteiger partial charge in [-0.1, -0.05) is 6.92 Å². The largest absolute Gasteiger partial charge is 0.387 e. The molecule has 3 nitrogen and oxygen atoms in total. The topological polar surface area (TPSA) is 38.1 Å². The lowest BCUT2D eigenvalue weighted by atomic mass is 10.1. The van der Waals surface area contributed by atoms with Crippen molar-refractivity contribution in [3.63, 3.8) is 0 Å². The van der Waals surface area contributed by atoms with E-state index < -0.39 is 6.10 Å². The second-order valence-electron chi connectivity index (χ2n) is 4.47. The predicted octanol–water partition coefficient (Wildman–Crippen LogP) is 3.11. The minimum atomic E-state index is -0.420. The van der Waals surface area contributed by atoms with Crippen LogP contribution in [0.5, 0.6) is 0 Å². The van der Waals surface area contributed by atoms with Crippen LogP contribution in [-0.2, 0) is 19.4 Å². The van der Waals surface area contributed by atoms with Gasteiger partial charge >= 0.3 is 0 Å². The second-order valence-corrected chi connectivity index (χ2v) is 5.67. The van der Waals surface area contributed by atoms with E-state index in [1.54, 1.807) is 11.3 Å². The van der Waals surface area contributed by atoms with Crippen LogP contribution >= 0.6 is 11.3 Å². The monoisotopic (exact) mass is 264 g/mol. The zero-order chi connectivity index (χ0) is 13.1. The summed E-state index contributed by atoms with van der Waals surface area (Å²) in [5, 5.41) is 14.7. The summed E-state index contributed by atoms with van der Waals surface area (Å²) in [7, 11) is 0. The van der Waals surface area contributed by atoms with Gasteiger partial charge in [0.05, 0.1) is 11.8 Å². The van der Waals surface area contributed by atoms with Crippen molar-refractivity contribution in [3.8, 4) is 0 Å². The Labute approximate surface area is 112 Å². The minimum absolute atomic E-state index is 0.420. The van der Waals surface area contributed by atoms with Crippen LogP contribution in [0.2, 0.25) is 0 Å². The van der Waals surface area contributed by atoms with Gasteiger partial charge in [0.1, 0.15) is 0 Å². The Bertz CT molecular complexity index is 516. The summed E-state index contributed by atoms with van der Waals surface area (Å²) >= 11 is 1.70. The SMILES string of the molecule is CCc1ccc(C(O)Cc2cc(C)nn2CC)s1. The van der Waals surface area contributed by atoms with Crippen LogP contribution in [0.4, 0.5) is 0 Å². The van der Waals surface area contributed by atoms with Gasteiger partial charge in [-0.25, -0.2) is 0 Å². The average molecular weight is 264 g/mol. The fourth-order valence-corrected chi connectivity index (χ4v) is 3.04. The van der Waals surface area contributed by atoms with Gasteiger partial charge in [-0.15, -0.1) is 11.3 Å². The van der Waals surface area contributed by atoms with Gasteiger partial charge in [-0.05, 0) is 38.5 Å². The molecule has 4 heteroatoms. The number of thiophene rings is 1. The van der Waals surface area contributed by atoms with E-state index >= 15 is 0 Å². The number of nitrogens with zero attached hydrogens (tertiary/aromatic N) is 2. The first kappa shape index (κ1) is 13.3. The summed E-state index contributed by atoms with van der Waals surface area (Å²) in [6.45, 7) is 7.04. The highest BCUT2D eigenvalue weighted by molar-refractivity contribution is 7.12. The van der Waals surface area contributed by atoms with E-state index in [0.717, 1.165) is 29.2 Å². The van der Waals surface area contributed by atoms with Crippen LogP contribution in [0.15, 0.2) is 18.2 Å². The van der Waals surface area contributed by atoms with E-state index in [1.807, 2.05) is 17.7 Å². The van der Waals surface area contributed by atoms with Crippen LogP contribution in [0.25, 0.3) is 0 Å². The fraction of sp³-hybridized carbons (Fsp3) is 0.500. The fourth-order valence-electron chi connectivity index (χ4n) is 2.10. The number of hydrogen-bond acceptors (Lipinski definition) is 3. The Morgan fingerprint density at radius 3 is 2.78 bits per heavy atom. The van der Waals surface area contributed by atoms with Crippen molar-refractivity contribution in [1.29, 1.82) is 0 Å². The summed E-state index contributed by atoms with van der Waals surface area (Å²) in [5.41, 5.74) is 2.12. The third-order valence-corrected chi connectivity index (χ3v) is 4.38. The van der Waals surface area contributed by atoms with E-state index in [1.165, 1.54) is 4.88 Å². The van der Waals surface area contributed by atoms with E-state index in [0.29, 0.717) is 6.42 Å². The molecule has 18 heavy (non-hydrogen) atoms. The Morgan fingerprint density at radius 1 is 1.39 bits per heavy atom. The molecule has 0 saturated carbocycles. The van der Waals surface area contributed by atoms with Crippen molar-refractivity contribution in [2.75, 3.05) is 0 Å². The zero-order valence-electron chi connectivity index (χ0n) is 11.2. The van der Waals surface area contributed by atoms with Gasteiger partial charge in [0.25, 0.3) is 0 Å². The van der Waals surface area contributed by atoms with E-state index in [2.05, 4.69) is 31.1 Å². The van der Waals surface area contributed by atoms with Gasteiger partial charge in [-0.2, -0.15) is 5.10 Å². The Balaban J connectivity index is 2.12. The highest BCUT2D eigenvalue weighted by Gasteiger charge is 2.14. The molecular weight excluding hydrogens is 244 g/mol. The third-order valence-electron chi connectivity index (χ3n) is 3.05. The lowest BCUT2D eigenvalue weighted by Gasteiger charge is -2.09. The maximum Gasteiger partial charge on any atom is 0.0937 e. The van der Waals surface area contributed by atoms with Crippen molar-refractivity contribution in [3.05, 3.63) is 39.3 Å². The Kier molecular flexibility index (Phi) is 4.19. The van der Waals surface area contributed by atoms with Crippen LogP contribution in [0, 0.1) is 6.92 Å². The van der Waals surface area contributed by atoms with E-state index in [4.69, 9.17) is 0 Å². The molecule has 0 bridgehead atoms. The molecule has 2 heterocycles. The molecular formula is C14H20N2OS. The number of aliphatic hydroxyl groups is 1. The highest BCUT2D eigenvalue weighted by atomic mass is 32.1. The van der Waals surface area contributed by atoms with Crippen molar-refractivity contribution in [2.24, 2.45) is 0 Å². The number of aromatic nitrogens is 2. The van der Waals surface area contributed by atoms with Gasteiger partial charge in [0.2, 0.25) is 0 Å². The summed E-state index contributed by atoms with van der Waals surface area (Å²) < 4.78 is 1.97. The standard InChI is InChI=1S/C14H20N2OS/c1-4-12-6-7-14(18-12)13(17)9-11-8-10(3)15-16(11)5-2/h6-8,13,17H,4-5,9H2,1-3H3. The van der Waals surface area contributed by atoms with Crippen LogP contribution in [0.1, 0.15) is 41.1 Å². The van der Waals surface area contributed by atoms with Crippen molar-refractivity contribution in [1.82, 2.24) is 9.78 Å². The van der Waals surface area contributed by atoms with E-state index in [9.17, 15) is 5.11 Å². The molecule has 2 rings (SSSR count). The second kappa shape index (κ2) is 5.67. The molecule has 0 amide bonds. The van der Waals surface area contributed by atoms with Gasteiger partial charge < -0.3 is 5.11 Å². The average Bonchev–Trinajstić information content (AvgIpc) is 2.95. The maximum absolute atomic E-state index is 10.3. The number of rotatable bonds is 5. The molecule has 1 atom stereocenters.